The van der Waals surface area contributed by atoms with Crippen molar-refractivity contribution in [2.24, 2.45) is 17.6 Å². The van der Waals surface area contributed by atoms with Gasteiger partial charge in [0.15, 0.2) is 0 Å². The van der Waals surface area contributed by atoms with Crippen molar-refractivity contribution >= 4 is 29.5 Å². The first-order chi connectivity index (χ1) is 22.4. The van der Waals surface area contributed by atoms with Crippen LogP contribution in [0.15, 0.2) is 0 Å². The van der Waals surface area contributed by atoms with Crippen molar-refractivity contribution < 1.29 is 33.8 Å². The molecule has 0 radical (unpaired) electrons. The number of amides is 5. The number of unbranched alkanes of at least 4 members (excludes halogenated alkanes) is 2. The molecule has 5 amide bonds. The van der Waals surface area contributed by atoms with Crippen molar-refractivity contribution in [1.29, 1.82) is 0 Å². The number of ether oxygens (including phenoxy) is 1. The molecule has 1 aliphatic carbocycles. The van der Waals surface area contributed by atoms with E-state index in [0.29, 0.717) is 25.7 Å². The van der Waals surface area contributed by atoms with Crippen molar-refractivity contribution in [3.63, 3.8) is 0 Å². The molecular weight excluding hydrogens is 604 g/mol. The monoisotopic (exact) mass is 666 g/mol. The Balaban J connectivity index is 2.63. The third kappa shape index (κ3) is 12.0. The number of hydrogen-bond donors (Lipinski definition) is 6. The highest BCUT2D eigenvalue weighted by Crippen LogP contribution is 2.28. The molecule has 0 aromatic heterocycles. The van der Waals surface area contributed by atoms with Gasteiger partial charge in [-0.3, -0.25) is 24.0 Å². The zero-order chi connectivity index (χ0) is 35.1. The third-order valence-electron chi connectivity index (χ3n) is 9.51. The summed E-state index contributed by atoms with van der Waals surface area (Å²) in [5.74, 6) is -3.34. The van der Waals surface area contributed by atoms with Crippen LogP contribution in [-0.2, 0) is 28.7 Å². The number of nitrogens with one attached hydrogen (secondary N) is 4. The standard InChI is InChI=1S/C34H62N6O7/c1-7-10-18-24-27(19-11-8-2)47-22(5)36-32(44)28(21(4)41)38-30(42)25(20-35)37-33(45)29(23-16-13-12-14-17-23)39-31(43)26(15-9-3)40(6)34(24)46/h21-29,41H,7-20,35H2,1-6H3,(H,36,44)(H,37,45)(H,38,42)(H,39,43)/t21-,22-,24+,25-,26-,27+,28-,29-/m0/s1. The van der Waals surface area contributed by atoms with Crippen molar-refractivity contribution in [2.45, 2.75) is 161 Å². The fraction of sp³-hybridized carbons (Fsp3) is 0.853. The Labute approximate surface area is 281 Å². The molecule has 0 bridgehead atoms. The van der Waals surface area contributed by atoms with Crippen LogP contribution in [0.2, 0.25) is 0 Å². The molecule has 13 nitrogen and oxygen atoms in total. The van der Waals surface area contributed by atoms with Gasteiger partial charge in [0, 0.05) is 13.6 Å². The van der Waals surface area contributed by atoms with Crippen molar-refractivity contribution in [3.05, 3.63) is 0 Å². The first-order valence-electron chi connectivity index (χ1n) is 17.9. The normalized spacial score (nSPS) is 30.4. The summed E-state index contributed by atoms with van der Waals surface area (Å²) < 4.78 is 6.38. The first-order valence-corrected chi connectivity index (χ1v) is 17.9. The van der Waals surface area contributed by atoms with Crippen LogP contribution in [0.1, 0.15) is 118 Å². The van der Waals surface area contributed by atoms with E-state index in [-0.39, 0.29) is 18.4 Å². The van der Waals surface area contributed by atoms with E-state index >= 15 is 0 Å². The fourth-order valence-electron chi connectivity index (χ4n) is 6.70. The van der Waals surface area contributed by atoms with Gasteiger partial charge in [-0.1, -0.05) is 72.1 Å². The van der Waals surface area contributed by atoms with E-state index in [4.69, 9.17) is 10.5 Å². The maximum atomic E-state index is 14.3. The molecule has 1 saturated heterocycles. The third-order valence-corrected chi connectivity index (χ3v) is 9.51. The lowest BCUT2D eigenvalue weighted by atomic mass is 9.83. The predicted octanol–water partition coefficient (Wildman–Crippen LogP) is 1.85. The molecule has 2 rings (SSSR count). The van der Waals surface area contributed by atoms with Gasteiger partial charge < -0.3 is 41.7 Å². The number of aliphatic hydroxyl groups is 1. The summed E-state index contributed by atoms with van der Waals surface area (Å²) in [6.07, 6.45) is 7.01. The van der Waals surface area contributed by atoms with Crippen LogP contribution in [0, 0.1) is 11.8 Å². The second-order valence-electron chi connectivity index (χ2n) is 13.4. The van der Waals surface area contributed by atoms with Gasteiger partial charge in [-0.25, -0.2) is 0 Å². The molecule has 1 aliphatic heterocycles. The number of nitrogens with two attached hydrogens (primary N) is 1. The number of aliphatic hydroxyl groups excluding tert-OH is 1. The number of nitrogens with zero attached hydrogens (tertiary/aromatic N) is 1. The summed E-state index contributed by atoms with van der Waals surface area (Å²) in [5, 5.41) is 21.4. The van der Waals surface area contributed by atoms with Crippen molar-refractivity contribution in [1.82, 2.24) is 26.2 Å². The summed E-state index contributed by atoms with van der Waals surface area (Å²) in [4.78, 5) is 70.4. The molecule has 0 aromatic carbocycles. The number of rotatable bonds is 11. The summed E-state index contributed by atoms with van der Waals surface area (Å²) in [7, 11) is 1.64. The van der Waals surface area contributed by atoms with Crippen molar-refractivity contribution in [3.8, 4) is 0 Å². The van der Waals surface area contributed by atoms with E-state index in [2.05, 4.69) is 21.3 Å². The minimum Gasteiger partial charge on any atom is -0.391 e. The highest BCUT2D eigenvalue weighted by molar-refractivity contribution is 5.96. The van der Waals surface area contributed by atoms with E-state index in [1.54, 1.807) is 14.0 Å². The predicted molar refractivity (Wildman–Crippen MR) is 180 cm³/mol. The van der Waals surface area contributed by atoms with Crippen LogP contribution in [0.5, 0.6) is 0 Å². The molecule has 2 fully saturated rings. The number of likely N-dealkylation sites (N-methyl/N-ethyl adjacent to an activating group) is 1. The average molecular weight is 667 g/mol. The van der Waals surface area contributed by atoms with Crippen LogP contribution in [0.25, 0.3) is 0 Å². The smallest absolute Gasteiger partial charge is 0.247 e. The number of carbonyl (C=O) groups excluding carboxylic acids is 5. The van der Waals surface area contributed by atoms with Gasteiger partial charge >= 0.3 is 0 Å². The topological polar surface area (TPSA) is 192 Å². The zero-order valence-corrected chi connectivity index (χ0v) is 29.5. The fourth-order valence-corrected chi connectivity index (χ4v) is 6.70. The van der Waals surface area contributed by atoms with Gasteiger partial charge in [0.25, 0.3) is 0 Å². The summed E-state index contributed by atoms with van der Waals surface area (Å²) in [6.45, 7) is 8.78. The van der Waals surface area contributed by atoms with E-state index in [1.807, 2.05) is 20.8 Å². The Morgan fingerprint density at radius 3 is 2.04 bits per heavy atom. The van der Waals surface area contributed by atoms with Gasteiger partial charge in [0.2, 0.25) is 29.5 Å². The van der Waals surface area contributed by atoms with Crippen LogP contribution < -0.4 is 27.0 Å². The average Bonchev–Trinajstić information content (AvgIpc) is 3.05. The van der Waals surface area contributed by atoms with Gasteiger partial charge in [-0.2, -0.15) is 0 Å². The zero-order valence-electron chi connectivity index (χ0n) is 29.5. The largest absolute Gasteiger partial charge is 0.391 e. The number of hydrogen-bond acceptors (Lipinski definition) is 8. The lowest BCUT2D eigenvalue weighted by Gasteiger charge is -2.37. The minimum atomic E-state index is -1.36. The number of carbonyl (C=O) groups is 5. The molecule has 47 heavy (non-hydrogen) atoms. The van der Waals surface area contributed by atoms with Crippen LogP contribution in [0.3, 0.4) is 0 Å². The molecule has 8 atom stereocenters. The summed E-state index contributed by atoms with van der Waals surface area (Å²) in [6, 6.07) is -4.35. The first kappa shape index (κ1) is 40.4. The summed E-state index contributed by atoms with van der Waals surface area (Å²) >= 11 is 0. The second-order valence-corrected chi connectivity index (χ2v) is 13.4. The molecule has 270 valence electrons. The molecule has 1 saturated carbocycles. The Morgan fingerprint density at radius 2 is 1.47 bits per heavy atom. The second kappa shape index (κ2) is 20.6. The van der Waals surface area contributed by atoms with E-state index in [9.17, 15) is 29.1 Å². The molecule has 13 heteroatoms. The highest BCUT2D eigenvalue weighted by atomic mass is 16.5. The molecule has 7 N–H and O–H groups in total. The van der Waals surface area contributed by atoms with Crippen LogP contribution >= 0.6 is 0 Å². The quantitative estimate of drug-likeness (QED) is 0.192. The van der Waals surface area contributed by atoms with Crippen LogP contribution in [-0.4, -0.2) is 95.7 Å². The molecule has 1 heterocycles. The van der Waals surface area contributed by atoms with Crippen LogP contribution in [0.4, 0.5) is 0 Å². The Bertz CT molecular complexity index is 1020. The lowest BCUT2D eigenvalue weighted by molar-refractivity contribution is -0.151. The SMILES string of the molecule is CCCC[C@H]1O[C@@H](C)NC(=O)[C@H]([C@H](C)O)NC(=O)[C@H](CN)NC(=O)[C@H](C2CCCCC2)NC(=O)[C@H](CCC)N(C)C(=O)[C@@H]1CCCC. The highest BCUT2D eigenvalue weighted by Gasteiger charge is 2.40. The van der Waals surface area contributed by atoms with E-state index in [0.717, 1.165) is 57.8 Å². The molecule has 0 spiro atoms. The van der Waals surface area contributed by atoms with E-state index < -0.39 is 72.1 Å². The van der Waals surface area contributed by atoms with Gasteiger partial charge in [-0.15, -0.1) is 0 Å². The van der Waals surface area contributed by atoms with E-state index in [1.165, 1.54) is 11.8 Å². The Hall–Kier alpha value is -2.77. The van der Waals surface area contributed by atoms with Gasteiger partial charge in [-0.05, 0) is 51.9 Å². The summed E-state index contributed by atoms with van der Waals surface area (Å²) in [5.41, 5.74) is 5.91. The molecule has 2 aliphatic rings. The Kier molecular flexibility index (Phi) is 17.7. The molecule has 0 unspecified atom stereocenters. The van der Waals surface area contributed by atoms with Crippen molar-refractivity contribution in [2.75, 3.05) is 13.6 Å². The van der Waals surface area contributed by atoms with Gasteiger partial charge in [0.05, 0.1) is 18.1 Å². The Morgan fingerprint density at radius 1 is 0.830 bits per heavy atom. The lowest BCUT2D eigenvalue weighted by Crippen LogP contribution is -2.63. The molecular formula is C34H62N6O7. The maximum absolute atomic E-state index is 14.3. The minimum absolute atomic E-state index is 0.162. The van der Waals surface area contributed by atoms with Gasteiger partial charge in [0.1, 0.15) is 30.4 Å². The maximum Gasteiger partial charge on any atom is 0.247 e. The molecule has 0 aromatic rings.